The first-order valence-corrected chi connectivity index (χ1v) is 9.89. The number of halogens is 2. The van der Waals surface area contributed by atoms with Crippen LogP contribution >= 0.6 is 0 Å². The van der Waals surface area contributed by atoms with Crippen molar-refractivity contribution < 1.29 is 13.2 Å². The molecule has 1 aromatic rings. The van der Waals surface area contributed by atoms with Gasteiger partial charge in [0.2, 0.25) is 8.32 Å². The third-order valence-electron chi connectivity index (χ3n) is 4.44. The van der Waals surface area contributed by atoms with Gasteiger partial charge in [0.1, 0.15) is 11.6 Å². The van der Waals surface area contributed by atoms with E-state index in [0.29, 0.717) is 22.2 Å². The van der Waals surface area contributed by atoms with Crippen molar-refractivity contribution >= 4 is 8.32 Å². The van der Waals surface area contributed by atoms with Crippen LogP contribution in [0.1, 0.15) is 60.1 Å². The molecule has 1 rings (SSSR count). The van der Waals surface area contributed by atoms with E-state index in [4.69, 9.17) is 4.43 Å². The summed E-state index contributed by atoms with van der Waals surface area (Å²) in [5.41, 5.74) is 1.90. The number of benzene rings is 1. The van der Waals surface area contributed by atoms with E-state index in [2.05, 4.69) is 41.5 Å². The molecule has 0 saturated carbocycles. The molecule has 1 nitrogen and oxygen atoms in total. The quantitative estimate of drug-likeness (QED) is 0.566. The summed E-state index contributed by atoms with van der Waals surface area (Å²) in [6, 6.07) is 3.63. The van der Waals surface area contributed by atoms with Crippen LogP contribution in [0.25, 0.3) is 0 Å². The van der Waals surface area contributed by atoms with E-state index in [0.717, 1.165) is 6.07 Å². The lowest BCUT2D eigenvalue weighted by molar-refractivity contribution is 0.194. The second kappa shape index (κ2) is 7.01. The first-order chi connectivity index (χ1) is 9.61. The van der Waals surface area contributed by atoms with Crippen LogP contribution in [0.4, 0.5) is 8.78 Å². The zero-order valence-corrected chi connectivity index (χ0v) is 15.2. The van der Waals surface area contributed by atoms with Crippen LogP contribution < -0.4 is 0 Å². The Bertz CT molecular complexity index is 430. The molecule has 1 atom stereocenters. The molecule has 0 spiro atoms. The second-order valence-corrected chi connectivity index (χ2v) is 12.2. The van der Waals surface area contributed by atoms with Crippen molar-refractivity contribution in [3.8, 4) is 0 Å². The minimum Gasteiger partial charge on any atom is -0.409 e. The maximum atomic E-state index is 13.4. The lowest BCUT2D eigenvalue weighted by atomic mass is 10.1. The lowest BCUT2D eigenvalue weighted by Crippen LogP contribution is -2.48. The summed E-state index contributed by atoms with van der Waals surface area (Å²) in [6.07, 6.45) is -0.297. The molecular weight excluding hydrogens is 286 g/mol. The van der Waals surface area contributed by atoms with Gasteiger partial charge in [0.05, 0.1) is 6.10 Å². The summed E-state index contributed by atoms with van der Waals surface area (Å²) in [5.74, 6) is -1.10. The van der Waals surface area contributed by atoms with E-state index in [-0.39, 0.29) is 6.10 Å². The Morgan fingerprint density at radius 2 is 1.14 bits per heavy atom. The molecule has 0 fully saturated rings. The minimum absolute atomic E-state index is 0.297. The van der Waals surface area contributed by atoms with Crippen LogP contribution in [0, 0.1) is 11.6 Å². The fourth-order valence-electron chi connectivity index (χ4n) is 3.59. The van der Waals surface area contributed by atoms with Gasteiger partial charge in [-0.05, 0) is 41.2 Å². The Hall–Kier alpha value is -0.743. The number of hydrogen-bond acceptors (Lipinski definition) is 1. The summed E-state index contributed by atoms with van der Waals surface area (Å²) < 4.78 is 33.3. The molecule has 120 valence electrons. The highest BCUT2D eigenvalue weighted by Gasteiger charge is 2.46. The maximum Gasteiger partial charge on any atom is 0.201 e. The van der Waals surface area contributed by atoms with Gasteiger partial charge in [-0.3, -0.25) is 0 Å². The normalized spacial score (nSPS) is 14.3. The van der Waals surface area contributed by atoms with Gasteiger partial charge in [-0.2, -0.15) is 0 Å². The SMILES string of the molecule is CC(O[Si](C(C)C)(C(C)C)C(C)C)c1cc(F)cc(F)c1. The minimum atomic E-state index is -2.05. The molecule has 0 radical (unpaired) electrons. The molecule has 0 aliphatic rings. The van der Waals surface area contributed by atoms with Crippen LogP contribution in [-0.4, -0.2) is 8.32 Å². The van der Waals surface area contributed by atoms with Crippen LogP contribution in [0.2, 0.25) is 16.6 Å². The van der Waals surface area contributed by atoms with E-state index in [9.17, 15) is 8.78 Å². The molecule has 0 aliphatic carbocycles. The molecule has 0 aliphatic heterocycles. The van der Waals surface area contributed by atoms with Gasteiger partial charge < -0.3 is 4.43 Å². The van der Waals surface area contributed by atoms with Crippen LogP contribution in [0.5, 0.6) is 0 Å². The predicted molar refractivity (Wildman–Crippen MR) is 86.9 cm³/mol. The Labute approximate surface area is 128 Å². The average molecular weight is 314 g/mol. The van der Waals surface area contributed by atoms with Crippen molar-refractivity contribution in [2.24, 2.45) is 0 Å². The topological polar surface area (TPSA) is 9.23 Å². The third-order valence-corrected chi connectivity index (χ3v) is 10.6. The van der Waals surface area contributed by atoms with Crippen LogP contribution in [0.15, 0.2) is 18.2 Å². The molecule has 0 bridgehead atoms. The lowest BCUT2D eigenvalue weighted by Gasteiger charge is -2.44. The van der Waals surface area contributed by atoms with Crippen molar-refractivity contribution in [3.63, 3.8) is 0 Å². The highest BCUT2D eigenvalue weighted by atomic mass is 28.4. The van der Waals surface area contributed by atoms with Gasteiger partial charge in [0, 0.05) is 6.07 Å². The van der Waals surface area contributed by atoms with E-state index in [1.165, 1.54) is 12.1 Å². The monoisotopic (exact) mass is 314 g/mol. The third kappa shape index (κ3) is 3.92. The van der Waals surface area contributed by atoms with E-state index >= 15 is 0 Å². The van der Waals surface area contributed by atoms with Crippen molar-refractivity contribution in [2.75, 3.05) is 0 Å². The zero-order valence-electron chi connectivity index (χ0n) is 14.2. The molecule has 21 heavy (non-hydrogen) atoms. The summed E-state index contributed by atoms with van der Waals surface area (Å²) in [5, 5.41) is 0. The Kier molecular flexibility index (Phi) is 6.11. The first kappa shape index (κ1) is 18.3. The van der Waals surface area contributed by atoms with E-state index in [1.54, 1.807) is 0 Å². The summed E-state index contributed by atoms with van der Waals surface area (Å²) in [6.45, 7) is 15.1. The standard InChI is InChI=1S/C17H28F2OSi/c1-11(2)21(12(3)4,13(5)6)20-14(7)15-8-16(18)10-17(19)9-15/h8-14H,1-7H3. The van der Waals surface area contributed by atoms with Crippen LogP contribution in [-0.2, 0) is 4.43 Å². The van der Waals surface area contributed by atoms with Crippen molar-refractivity contribution in [1.29, 1.82) is 0 Å². The van der Waals surface area contributed by atoms with Gasteiger partial charge in [0.15, 0.2) is 0 Å². The summed E-state index contributed by atoms with van der Waals surface area (Å²) >= 11 is 0. The smallest absolute Gasteiger partial charge is 0.201 e. The molecule has 0 heterocycles. The summed E-state index contributed by atoms with van der Waals surface area (Å²) in [4.78, 5) is 0. The fraction of sp³-hybridized carbons (Fsp3) is 0.647. The second-order valence-electron chi connectivity index (χ2n) is 6.78. The fourth-order valence-corrected chi connectivity index (χ4v) is 9.16. The van der Waals surface area contributed by atoms with Gasteiger partial charge in [0.25, 0.3) is 0 Å². The van der Waals surface area contributed by atoms with E-state index < -0.39 is 20.0 Å². The Balaban J connectivity index is 3.13. The molecule has 0 N–H and O–H groups in total. The molecule has 4 heteroatoms. The van der Waals surface area contributed by atoms with Gasteiger partial charge in [-0.15, -0.1) is 0 Å². The number of hydrogen-bond donors (Lipinski definition) is 0. The molecular formula is C17H28F2OSi. The average Bonchev–Trinajstić information content (AvgIpc) is 2.32. The largest absolute Gasteiger partial charge is 0.409 e. The van der Waals surface area contributed by atoms with Crippen LogP contribution in [0.3, 0.4) is 0 Å². The zero-order chi connectivity index (χ0) is 16.4. The predicted octanol–water partition coefficient (Wildman–Crippen LogP) is 6.22. The first-order valence-electron chi connectivity index (χ1n) is 7.75. The molecule has 1 aromatic carbocycles. The van der Waals surface area contributed by atoms with Gasteiger partial charge in [-0.25, -0.2) is 8.78 Å². The highest BCUT2D eigenvalue weighted by Crippen LogP contribution is 2.45. The van der Waals surface area contributed by atoms with Gasteiger partial charge >= 0.3 is 0 Å². The van der Waals surface area contributed by atoms with Gasteiger partial charge in [-0.1, -0.05) is 41.5 Å². The highest BCUT2D eigenvalue weighted by molar-refractivity contribution is 6.77. The van der Waals surface area contributed by atoms with E-state index in [1.807, 2.05) is 6.92 Å². The summed E-state index contributed by atoms with van der Waals surface area (Å²) in [7, 11) is -2.05. The number of rotatable bonds is 6. The Morgan fingerprint density at radius 3 is 1.48 bits per heavy atom. The molecule has 1 unspecified atom stereocenters. The Morgan fingerprint density at radius 1 is 0.762 bits per heavy atom. The molecule has 0 saturated heterocycles. The molecule has 0 aromatic heterocycles. The van der Waals surface area contributed by atoms with Crippen molar-refractivity contribution in [2.45, 2.75) is 71.2 Å². The van der Waals surface area contributed by atoms with Crippen molar-refractivity contribution in [1.82, 2.24) is 0 Å². The molecule has 0 amide bonds. The maximum absolute atomic E-state index is 13.4. The van der Waals surface area contributed by atoms with Crippen molar-refractivity contribution in [3.05, 3.63) is 35.4 Å².